The summed E-state index contributed by atoms with van der Waals surface area (Å²) in [6.07, 6.45) is 5.44. The predicted molar refractivity (Wildman–Crippen MR) is 102 cm³/mol. The van der Waals surface area contributed by atoms with E-state index >= 15 is 0 Å². The molecule has 0 aromatic heterocycles. The number of hydrogen-bond donors (Lipinski definition) is 1. The first kappa shape index (κ1) is 17.0. The normalized spacial score (nSPS) is 25.7. The van der Waals surface area contributed by atoms with E-state index in [1.807, 2.05) is 23.2 Å². The number of ether oxygens (including phenoxy) is 1. The second-order valence-corrected chi connectivity index (χ2v) is 6.89. The minimum Gasteiger partial charge on any atom is -0.497 e. The summed E-state index contributed by atoms with van der Waals surface area (Å²) < 4.78 is 5.29. The van der Waals surface area contributed by atoms with E-state index in [9.17, 15) is 0 Å². The van der Waals surface area contributed by atoms with E-state index in [-0.39, 0.29) is 6.04 Å². The van der Waals surface area contributed by atoms with Gasteiger partial charge in [-0.3, -0.25) is 0 Å². The van der Waals surface area contributed by atoms with Crippen molar-refractivity contribution in [2.45, 2.75) is 32.2 Å². The van der Waals surface area contributed by atoms with Crippen molar-refractivity contribution in [1.29, 1.82) is 0 Å². The summed E-state index contributed by atoms with van der Waals surface area (Å²) in [4.78, 5) is 0. The highest BCUT2D eigenvalue weighted by atomic mass is 32.1. The molecule has 0 saturated heterocycles. The number of rotatable bonds is 4. The minimum absolute atomic E-state index is 0.165. The zero-order valence-corrected chi connectivity index (χ0v) is 15.2. The quantitative estimate of drug-likeness (QED) is 0.664. The van der Waals surface area contributed by atoms with Crippen LogP contribution in [-0.4, -0.2) is 29.5 Å². The molecule has 3 atom stereocenters. The van der Waals surface area contributed by atoms with Gasteiger partial charge in [0.15, 0.2) is 5.11 Å². The van der Waals surface area contributed by atoms with Crippen LogP contribution in [0.5, 0.6) is 5.75 Å². The lowest BCUT2D eigenvalue weighted by Crippen LogP contribution is -2.38. The Morgan fingerprint density at radius 2 is 2.17 bits per heavy atom. The molecule has 2 aliphatic rings. The van der Waals surface area contributed by atoms with E-state index in [4.69, 9.17) is 22.1 Å². The molecule has 1 aliphatic carbocycles. The summed E-state index contributed by atoms with van der Waals surface area (Å²) in [6.45, 7) is 6.68. The number of benzene rings is 1. The molecule has 4 nitrogen and oxygen atoms in total. The van der Waals surface area contributed by atoms with Gasteiger partial charge < -0.3 is 10.1 Å². The van der Waals surface area contributed by atoms with Gasteiger partial charge in [-0.05, 0) is 48.7 Å². The molecular weight excluding hydrogens is 318 g/mol. The van der Waals surface area contributed by atoms with E-state index in [2.05, 4.69) is 31.0 Å². The molecule has 1 N–H and O–H groups in total. The van der Waals surface area contributed by atoms with Crippen LogP contribution in [0.3, 0.4) is 0 Å². The van der Waals surface area contributed by atoms with Crippen molar-refractivity contribution < 1.29 is 4.74 Å². The Kier molecular flexibility index (Phi) is 5.19. The molecule has 0 spiro atoms. The second-order valence-electron chi connectivity index (χ2n) is 6.50. The lowest BCUT2D eigenvalue weighted by Gasteiger charge is -2.31. The maximum absolute atomic E-state index is 5.60. The van der Waals surface area contributed by atoms with Crippen LogP contribution in [0.2, 0.25) is 0 Å². The van der Waals surface area contributed by atoms with Gasteiger partial charge in [0.05, 0.1) is 13.2 Å². The molecule has 0 bridgehead atoms. The van der Waals surface area contributed by atoms with Crippen LogP contribution in [0.15, 0.2) is 42.0 Å². The van der Waals surface area contributed by atoms with Gasteiger partial charge in [-0.25, -0.2) is 5.01 Å². The fourth-order valence-electron chi connectivity index (χ4n) is 3.74. The van der Waals surface area contributed by atoms with Gasteiger partial charge in [0.2, 0.25) is 0 Å². The molecule has 5 heteroatoms. The molecule has 1 aliphatic heterocycles. The predicted octanol–water partition coefficient (Wildman–Crippen LogP) is 3.90. The molecule has 1 aromatic carbocycles. The average molecular weight is 343 g/mol. The number of hydrogen-bond acceptors (Lipinski definition) is 3. The lowest BCUT2D eigenvalue weighted by atomic mass is 9.76. The lowest BCUT2D eigenvalue weighted by molar-refractivity contribution is 0.293. The smallest absolute Gasteiger partial charge is 0.190 e. The number of fused-ring (bicyclic) bond motifs is 1. The van der Waals surface area contributed by atoms with E-state index in [1.165, 1.54) is 30.5 Å². The topological polar surface area (TPSA) is 36.9 Å². The molecule has 0 radical (unpaired) electrons. The van der Waals surface area contributed by atoms with E-state index < -0.39 is 0 Å². The SMILES string of the molecule is C=CCNC(=S)N1N=C2C(C)CCC[C@H]2[C@@H]1c1ccc(OC)cc1. The molecule has 1 aromatic rings. The minimum atomic E-state index is 0.165. The van der Waals surface area contributed by atoms with Crippen molar-refractivity contribution in [2.75, 3.05) is 13.7 Å². The third kappa shape index (κ3) is 3.18. The molecule has 24 heavy (non-hydrogen) atoms. The Labute approximate surface area is 149 Å². The van der Waals surface area contributed by atoms with Crippen molar-refractivity contribution >= 4 is 23.0 Å². The summed E-state index contributed by atoms with van der Waals surface area (Å²) in [6, 6.07) is 8.45. The maximum atomic E-state index is 5.60. The highest BCUT2D eigenvalue weighted by Crippen LogP contribution is 2.44. The Morgan fingerprint density at radius 1 is 1.42 bits per heavy atom. The molecule has 1 unspecified atom stereocenters. The number of nitrogens with zero attached hydrogens (tertiary/aromatic N) is 2. The van der Waals surface area contributed by atoms with Gasteiger partial charge in [0.1, 0.15) is 5.75 Å². The Balaban J connectivity index is 1.92. The number of hydrazone groups is 1. The number of nitrogens with one attached hydrogen (secondary N) is 1. The summed E-state index contributed by atoms with van der Waals surface area (Å²) in [5, 5.41) is 10.8. The second kappa shape index (κ2) is 7.34. The summed E-state index contributed by atoms with van der Waals surface area (Å²) in [7, 11) is 1.69. The van der Waals surface area contributed by atoms with Crippen LogP contribution < -0.4 is 10.1 Å². The van der Waals surface area contributed by atoms with Crippen LogP contribution in [0.1, 0.15) is 37.8 Å². The van der Waals surface area contributed by atoms with Crippen LogP contribution in [0.4, 0.5) is 0 Å². The summed E-state index contributed by atoms with van der Waals surface area (Å²) in [5.41, 5.74) is 2.53. The van der Waals surface area contributed by atoms with Crippen LogP contribution >= 0.6 is 12.2 Å². The largest absolute Gasteiger partial charge is 0.497 e. The molecule has 3 rings (SSSR count). The fraction of sp³-hybridized carbons (Fsp3) is 0.474. The first-order chi connectivity index (χ1) is 11.7. The van der Waals surface area contributed by atoms with Gasteiger partial charge in [-0.1, -0.05) is 31.6 Å². The zero-order valence-electron chi connectivity index (χ0n) is 14.4. The van der Waals surface area contributed by atoms with Gasteiger partial charge in [0.25, 0.3) is 0 Å². The average Bonchev–Trinajstić information content (AvgIpc) is 3.01. The highest BCUT2D eigenvalue weighted by molar-refractivity contribution is 7.80. The van der Waals surface area contributed by atoms with E-state index in [0.29, 0.717) is 23.5 Å². The van der Waals surface area contributed by atoms with Gasteiger partial charge >= 0.3 is 0 Å². The van der Waals surface area contributed by atoms with Crippen LogP contribution in [0.25, 0.3) is 0 Å². The first-order valence-corrected chi connectivity index (χ1v) is 8.96. The molecule has 0 amide bonds. The summed E-state index contributed by atoms with van der Waals surface area (Å²) >= 11 is 5.60. The Morgan fingerprint density at radius 3 is 2.83 bits per heavy atom. The number of thiocarbonyl (C=S) groups is 1. The molecule has 1 saturated carbocycles. The van der Waals surface area contributed by atoms with E-state index in [1.54, 1.807) is 7.11 Å². The van der Waals surface area contributed by atoms with Crippen molar-refractivity contribution in [3.8, 4) is 5.75 Å². The highest BCUT2D eigenvalue weighted by Gasteiger charge is 2.43. The Bertz CT molecular complexity index is 641. The standard InChI is InChI=1S/C19H25N3OS/c1-4-12-20-19(24)22-18(14-8-10-15(23-3)11-9-14)16-7-5-6-13(2)17(16)21-22/h4,8-11,13,16,18H,1,5-7,12H2,2-3H3,(H,20,24)/t13?,16-,18+/m1/s1. The first-order valence-electron chi connectivity index (χ1n) is 8.56. The van der Waals surface area contributed by atoms with Gasteiger partial charge in [-0.2, -0.15) is 5.10 Å². The molecule has 1 heterocycles. The van der Waals surface area contributed by atoms with Crippen LogP contribution in [-0.2, 0) is 0 Å². The third-order valence-electron chi connectivity index (χ3n) is 4.97. The zero-order chi connectivity index (χ0) is 17.1. The van der Waals surface area contributed by atoms with Crippen molar-refractivity contribution in [3.63, 3.8) is 0 Å². The van der Waals surface area contributed by atoms with Crippen molar-refractivity contribution in [2.24, 2.45) is 16.9 Å². The van der Waals surface area contributed by atoms with Gasteiger partial charge in [-0.15, -0.1) is 6.58 Å². The molecular formula is C19H25N3OS. The van der Waals surface area contributed by atoms with Crippen LogP contribution in [0, 0.1) is 11.8 Å². The monoisotopic (exact) mass is 343 g/mol. The molecule has 128 valence electrons. The van der Waals surface area contributed by atoms with E-state index in [0.717, 1.165) is 5.75 Å². The van der Waals surface area contributed by atoms with Crippen molar-refractivity contribution in [1.82, 2.24) is 10.3 Å². The summed E-state index contributed by atoms with van der Waals surface area (Å²) in [5.74, 6) is 1.83. The maximum Gasteiger partial charge on any atom is 0.190 e. The Hall–Kier alpha value is -1.88. The fourth-order valence-corrected chi connectivity index (χ4v) is 3.98. The number of methoxy groups -OCH3 is 1. The van der Waals surface area contributed by atoms with Crippen molar-refractivity contribution in [3.05, 3.63) is 42.5 Å². The third-order valence-corrected chi connectivity index (χ3v) is 5.30. The van der Waals surface area contributed by atoms with Gasteiger partial charge in [0, 0.05) is 18.2 Å². The molecule has 1 fully saturated rings.